The number of nitrogens with one attached hydrogen (secondary N) is 1. The normalized spacial score (nSPS) is 25.9. The van der Waals surface area contributed by atoms with Crippen LogP contribution in [0.5, 0.6) is 0 Å². The molecule has 2 heterocycles. The number of para-hydroxylation sites is 1. The summed E-state index contributed by atoms with van der Waals surface area (Å²) < 4.78 is 0. The summed E-state index contributed by atoms with van der Waals surface area (Å²) in [6, 6.07) is 9.55. The molecule has 1 N–H and O–H groups in total. The second-order valence-electron chi connectivity index (χ2n) is 6.53. The van der Waals surface area contributed by atoms with Gasteiger partial charge in [0.1, 0.15) is 0 Å². The minimum Gasteiger partial charge on any atom is -0.384 e. The zero-order valence-corrected chi connectivity index (χ0v) is 13.5. The van der Waals surface area contributed by atoms with E-state index in [0.29, 0.717) is 0 Å². The highest BCUT2D eigenvalue weighted by Crippen LogP contribution is 2.26. The first-order valence-corrected chi connectivity index (χ1v) is 8.58. The van der Waals surface area contributed by atoms with Crippen molar-refractivity contribution in [1.29, 1.82) is 0 Å². The predicted molar refractivity (Wildman–Crippen MR) is 89.9 cm³/mol. The average Bonchev–Trinajstić information content (AvgIpc) is 2.97. The Labute approximate surface area is 129 Å². The van der Waals surface area contributed by atoms with E-state index >= 15 is 0 Å². The van der Waals surface area contributed by atoms with E-state index < -0.39 is 0 Å². The third-order valence-corrected chi connectivity index (χ3v) is 5.20. The van der Waals surface area contributed by atoms with Crippen LogP contribution in [0.1, 0.15) is 25.8 Å². The van der Waals surface area contributed by atoms with Gasteiger partial charge in [0.15, 0.2) is 0 Å². The fourth-order valence-electron chi connectivity index (χ4n) is 4.02. The molecule has 0 radical (unpaired) electrons. The van der Waals surface area contributed by atoms with Crippen molar-refractivity contribution in [3.05, 3.63) is 29.8 Å². The number of rotatable bonds is 5. The Bertz CT molecular complexity index is 456. The average molecular weight is 287 g/mol. The molecule has 3 heteroatoms. The number of fused-ring (bicyclic) bond motifs is 1. The molecule has 2 aliphatic heterocycles. The predicted octanol–water partition coefficient (Wildman–Crippen LogP) is 2.69. The van der Waals surface area contributed by atoms with Crippen LogP contribution in [0.15, 0.2) is 24.3 Å². The maximum absolute atomic E-state index is 3.61. The van der Waals surface area contributed by atoms with Crippen molar-refractivity contribution in [3.63, 3.8) is 0 Å². The molecule has 0 aromatic heterocycles. The fourth-order valence-corrected chi connectivity index (χ4v) is 4.02. The molecule has 2 atom stereocenters. The molecule has 21 heavy (non-hydrogen) atoms. The maximum Gasteiger partial charge on any atom is 0.0372 e. The topological polar surface area (TPSA) is 18.5 Å². The van der Waals surface area contributed by atoms with Crippen LogP contribution in [0.25, 0.3) is 0 Å². The zero-order chi connectivity index (χ0) is 14.7. The molecule has 1 aromatic carbocycles. The van der Waals surface area contributed by atoms with E-state index in [1.54, 1.807) is 0 Å². The van der Waals surface area contributed by atoms with Crippen molar-refractivity contribution in [2.24, 2.45) is 5.92 Å². The number of hydrogen-bond acceptors (Lipinski definition) is 3. The molecule has 0 aliphatic carbocycles. The Kier molecular flexibility index (Phi) is 4.81. The van der Waals surface area contributed by atoms with Crippen LogP contribution < -0.4 is 5.32 Å². The molecule has 0 saturated carbocycles. The number of likely N-dealkylation sites (tertiary alicyclic amines) is 1. The van der Waals surface area contributed by atoms with Crippen molar-refractivity contribution < 1.29 is 0 Å². The summed E-state index contributed by atoms with van der Waals surface area (Å²) in [5.74, 6) is 0.760. The summed E-state index contributed by atoms with van der Waals surface area (Å²) >= 11 is 0. The van der Waals surface area contributed by atoms with Crippen molar-refractivity contribution in [3.8, 4) is 0 Å². The first-order valence-electron chi connectivity index (χ1n) is 8.58. The Balaban J connectivity index is 1.52. The SMILES string of the molecule is CCN(CC)C1CCN(CC2CNc3ccccc3C2)C1. The van der Waals surface area contributed by atoms with Crippen LogP contribution in [0.3, 0.4) is 0 Å². The highest BCUT2D eigenvalue weighted by molar-refractivity contribution is 5.53. The highest BCUT2D eigenvalue weighted by atomic mass is 15.2. The number of anilines is 1. The largest absolute Gasteiger partial charge is 0.384 e. The lowest BCUT2D eigenvalue weighted by atomic mass is 9.93. The lowest BCUT2D eigenvalue weighted by Gasteiger charge is -2.30. The van der Waals surface area contributed by atoms with E-state index in [4.69, 9.17) is 0 Å². The Morgan fingerprint density at radius 2 is 2.05 bits per heavy atom. The third-order valence-electron chi connectivity index (χ3n) is 5.20. The summed E-state index contributed by atoms with van der Waals surface area (Å²) in [7, 11) is 0. The molecule has 1 saturated heterocycles. The molecule has 0 spiro atoms. The van der Waals surface area contributed by atoms with Crippen molar-refractivity contribution in [2.75, 3.05) is 44.6 Å². The molecule has 3 nitrogen and oxygen atoms in total. The molecular formula is C18H29N3. The van der Waals surface area contributed by atoms with E-state index in [0.717, 1.165) is 18.5 Å². The van der Waals surface area contributed by atoms with Crippen molar-refractivity contribution >= 4 is 5.69 Å². The lowest BCUT2D eigenvalue weighted by Crippen LogP contribution is -2.39. The summed E-state index contributed by atoms with van der Waals surface area (Å²) in [5, 5.41) is 3.61. The summed E-state index contributed by atoms with van der Waals surface area (Å²) in [6.07, 6.45) is 2.58. The van der Waals surface area contributed by atoms with Gasteiger partial charge in [0, 0.05) is 31.4 Å². The number of likely N-dealkylation sites (N-methyl/N-ethyl adjacent to an activating group) is 1. The molecule has 0 bridgehead atoms. The van der Waals surface area contributed by atoms with Gasteiger partial charge in [-0.1, -0.05) is 32.0 Å². The molecule has 0 amide bonds. The van der Waals surface area contributed by atoms with Gasteiger partial charge in [0.05, 0.1) is 0 Å². The second kappa shape index (κ2) is 6.80. The second-order valence-corrected chi connectivity index (χ2v) is 6.53. The van der Waals surface area contributed by atoms with Gasteiger partial charge in [-0.2, -0.15) is 0 Å². The maximum atomic E-state index is 3.61. The van der Waals surface area contributed by atoms with E-state index in [1.165, 1.54) is 56.8 Å². The molecule has 2 unspecified atom stereocenters. The molecule has 1 fully saturated rings. The van der Waals surface area contributed by atoms with Crippen LogP contribution in [-0.2, 0) is 6.42 Å². The van der Waals surface area contributed by atoms with Gasteiger partial charge in [-0.25, -0.2) is 0 Å². The monoisotopic (exact) mass is 287 g/mol. The van der Waals surface area contributed by atoms with E-state index in [1.807, 2.05) is 0 Å². The van der Waals surface area contributed by atoms with Gasteiger partial charge >= 0.3 is 0 Å². The zero-order valence-electron chi connectivity index (χ0n) is 13.5. The number of nitrogens with zero attached hydrogens (tertiary/aromatic N) is 2. The van der Waals surface area contributed by atoms with E-state index in [-0.39, 0.29) is 0 Å². The van der Waals surface area contributed by atoms with Crippen LogP contribution in [-0.4, -0.2) is 55.1 Å². The molecule has 3 rings (SSSR count). The van der Waals surface area contributed by atoms with Crippen LogP contribution in [0.2, 0.25) is 0 Å². The molecule has 116 valence electrons. The third kappa shape index (κ3) is 3.41. The van der Waals surface area contributed by atoms with Gasteiger partial charge in [-0.15, -0.1) is 0 Å². The molecule has 2 aliphatic rings. The van der Waals surface area contributed by atoms with Gasteiger partial charge in [0.25, 0.3) is 0 Å². The standard InChI is InChI=1S/C18H29N3/c1-3-21(4-2)17-9-10-20(14-17)13-15-11-16-7-5-6-8-18(16)19-12-15/h5-8,15,17,19H,3-4,9-14H2,1-2H3. The first-order chi connectivity index (χ1) is 10.3. The van der Waals surface area contributed by atoms with Gasteiger partial charge in [-0.3, -0.25) is 4.90 Å². The smallest absolute Gasteiger partial charge is 0.0372 e. The van der Waals surface area contributed by atoms with Gasteiger partial charge in [-0.05, 0) is 50.0 Å². The van der Waals surface area contributed by atoms with Crippen LogP contribution in [0.4, 0.5) is 5.69 Å². The quantitative estimate of drug-likeness (QED) is 0.898. The minimum absolute atomic E-state index is 0.760. The molecule has 1 aromatic rings. The molecular weight excluding hydrogens is 258 g/mol. The Hall–Kier alpha value is -1.06. The van der Waals surface area contributed by atoms with E-state index in [2.05, 4.69) is 53.2 Å². The number of benzene rings is 1. The van der Waals surface area contributed by atoms with Crippen molar-refractivity contribution in [2.45, 2.75) is 32.7 Å². The Morgan fingerprint density at radius 3 is 2.86 bits per heavy atom. The van der Waals surface area contributed by atoms with Gasteiger partial charge in [0.2, 0.25) is 0 Å². The lowest BCUT2D eigenvalue weighted by molar-refractivity contribution is 0.202. The number of hydrogen-bond donors (Lipinski definition) is 1. The summed E-state index contributed by atoms with van der Waals surface area (Å²) in [5.41, 5.74) is 2.84. The first kappa shape index (κ1) is 14.9. The fraction of sp³-hybridized carbons (Fsp3) is 0.667. The van der Waals surface area contributed by atoms with Crippen LogP contribution >= 0.6 is 0 Å². The minimum atomic E-state index is 0.760. The van der Waals surface area contributed by atoms with E-state index in [9.17, 15) is 0 Å². The summed E-state index contributed by atoms with van der Waals surface area (Å²) in [6.45, 7) is 11.9. The highest BCUT2D eigenvalue weighted by Gasteiger charge is 2.28. The Morgan fingerprint density at radius 1 is 1.24 bits per heavy atom. The van der Waals surface area contributed by atoms with Crippen molar-refractivity contribution in [1.82, 2.24) is 9.80 Å². The summed E-state index contributed by atoms with van der Waals surface area (Å²) in [4.78, 5) is 5.30. The van der Waals surface area contributed by atoms with Crippen LogP contribution in [0, 0.1) is 5.92 Å². The van der Waals surface area contributed by atoms with Gasteiger partial charge < -0.3 is 10.2 Å².